The lowest BCUT2D eigenvalue weighted by molar-refractivity contribution is 0.0207. The molecule has 1 N–H and O–H groups in total. The minimum Gasteiger partial charge on any atom is -0.374 e. The number of nitriles is 1. The summed E-state index contributed by atoms with van der Waals surface area (Å²) in [5.74, 6) is 0. The molecule has 1 fully saturated rings. The summed E-state index contributed by atoms with van der Waals surface area (Å²) in [6, 6.07) is 4.09. The lowest BCUT2D eigenvalue weighted by Crippen LogP contribution is -2.36. The van der Waals surface area contributed by atoms with Crippen molar-refractivity contribution in [2.24, 2.45) is 7.05 Å². The van der Waals surface area contributed by atoms with E-state index in [4.69, 9.17) is 10.00 Å². The Kier molecular flexibility index (Phi) is 3.51. The summed E-state index contributed by atoms with van der Waals surface area (Å²) in [6.45, 7) is 4.68. The molecule has 1 aliphatic rings. The van der Waals surface area contributed by atoms with Crippen LogP contribution in [-0.2, 0) is 18.3 Å². The van der Waals surface area contributed by atoms with Gasteiger partial charge in [-0.3, -0.25) is 0 Å². The maximum absolute atomic E-state index is 8.86. The smallest absolute Gasteiger partial charge is 0.120 e. The van der Waals surface area contributed by atoms with Crippen molar-refractivity contribution < 1.29 is 4.74 Å². The van der Waals surface area contributed by atoms with Gasteiger partial charge in [-0.2, -0.15) is 5.26 Å². The molecule has 4 heteroatoms. The molecule has 17 heavy (non-hydrogen) atoms. The Morgan fingerprint density at radius 3 is 3.06 bits per heavy atom. The molecule has 0 bridgehead atoms. The summed E-state index contributed by atoms with van der Waals surface area (Å²) in [6.07, 6.45) is 4.27. The van der Waals surface area contributed by atoms with E-state index in [0.29, 0.717) is 5.69 Å². The first kappa shape index (κ1) is 12.2. The molecule has 4 nitrogen and oxygen atoms in total. The lowest BCUT2D eigenvalue weighted by atomic mass is 10.0. The van der Waals surface area contributed by atoms with Crippen LogP contribution in [0.25, 0.3) is 0 Å². The quantitative estimate of drug-likeness (QED) is 0.858. The standard InChI is InChI=1S/C13H19N3O/c1-13(4-3-5-17-13)10-15-8-11-6-12(7-14)16(2)9-11/h6,9,15H,3-5,8,10H2,1-2H3. The van der Waals surface area contributed by atoms with Gasteiger partial charge >= 0.3 is 0 Å². The van der Waals surface area contributed by atoms with Crippen LogP contribution in [0, 0.1) is 11.3 Å². The zero-order valence-electron chi connectivity index (χ0n) is 10.5. The molecule has 1 saturated heterocycles. The maximum Gasteiger partial charge on any atom is 0.120 e. The third-order valence-electron chi connectivity index (χ3n) is 3.30. The fourth-order valence-electron chi connectivity index (χ4n) is 2.29. The van der Waals surface area contributed by atoms with Crippen molar-refractivity contribution in [2.45, 2.75) is 31.9 Å². The Morgan fingerprint density at radius 1 is 1.65 bits per heavy atom. The number of hydrogen-bond acceptors (Lipinski definition) is 3. The van der Waals surface area contributed by atoms with Gasteiger partial charge in [0.1, 0.15) is 11.8 Å². The van der Waals surface area contributed by atoms with Crippen molar-refractivity contribution in [3.05, 3.63) is 23.5 Å². The molecule has 1 aliphatic heterocycles. The van der Waals surface area contributed by atoms with Gasteiger partial charge in [0.25, 0.3) is 0 Å². The van der Waals surface area contributed by atoms with Crippen molar-refractivity contribution in [3.8, 4) is 6.07 Å². The summed E-state index contributed by atoms with van der Waals surface area (Å²) < 4.78 is 7.56. The van der Waals surface area contributed by atoms with Gasteiger partial charge in [0.2, 0.25) is 0 Å². The number of nitrogens with one attached hydrogen (secondary N) is 1. The number of aromatic nitrogens is 1. The van der Waals surface area contributed by atoms with E-state index in [9.17, 15) is 0 Å². The molecule has 1 aromatic rings. The van der Waals surface area contributed by atoms with Gasteiger partial charge in [0, 0.05) is 32.9 Å². The number of hydrogen-bond donors (Lipinski definition) is 1. The van der Waals surface area contributed by atoms with E-state index < -0.39 is 0 Å². The van der Waals surface area contributed by atoms with Crippen LogP contribution in [0.5, 0.6) is 0 Å². The van der Waals surface area contributed by atoms with Crippen molar-refractivity contribution in [3.63, 3.8) is 0 Å². The molecule has 1 unspecified atom stereocenters. The predicted molar refractivity (Wildman–Crippen MR) is 65.4 cm³/mol. The topological polar surface area (TPSA) is 50.0 Å². The molecule has 0 saturated carbocycles. The SMILES string of the molecule is Cn1cc(CNCC2(C)CCCO2)cc1C#N. The van der Waals surface area contributed by atoms with E-state index >= 15 is 0 Å². The zero-order chi connectivity index (χ0) is 12.3. The van der Waals surface area contributed by atoms with Gasteiger partial charge in [-0.25, -0.2) is 0 Å². The molecule has 2 heterocycles. The summed E-state index contributed by atoms with van der Waals surface area (Å²) in [5.41, 5.74) is 1.84. The molecule has 0 radical (unpaired) electrons. The van der Waals surface area contributed by atoms with Crippen LogP contribution >= 0.6 is 0 Å². The highest BCUT2D eigenvalue weighted by Crippen LogP contribution is 2.23. The first-order valence-corrected chi connectivity index (χ1v) is 6.03. The van der Waals surface area contributed by atoms with Crippen LogP contribution in [-0.4, -0.2) is 23.3 Å². The second-order valence-corrected chi connectivity index (χ2v) is 4.96. The van der Waals surface area contributed by atoms with E-state index in [1.165, 1.54) is 0 Å². The maximum atomic E-state index is 8.86. The molecular formula is C13H19N3O. The van der Waals surface area contributed by atoms with E-state index in [1.807, 2.05) is 23.9 Å². The number of nitrogens with zero attached hydrogens (tertiary/aromatic N) is 2. The highest BCUT2D eigenvalue weighted by atomic mass is 16.5. The van der Waals surface area contributed by atoms with Gasteiger partial charge in [0.05, 0.1) is 5.60 Å². The summed E-state index contributed by atoms with van der Waals surface area (Å²) in [5, 5.41) is 12.3. The average molecular weight is 233 g/mol. The molecule has 0 amide bonds. The average Bonchev–Trinajstić information content (AvgIpc) is 2.86. The van der Waals surface area contributed by atoms with Crippen LogP contribution < -0.4 is 5.32 Å². The van der Waals surface area contributed by atoms with Gasteiger partial charge in [-0.05, 0) is 31.4 Å². The third-order valence-corrected chi connectivity index (χ3v) is 3.30. The van der Waals surface area contributed by atoms with E-state index in [1.54, 1.807) is 0 Å². The van der Waals surface area contributed by atoms with Gasteiger partial charge in [-0.15, -0.1) is 0 Å². The Balaban J connectivity index is 1.84. The normalized spacial score (nSPS) is 23.8. The van der Waals surface area contributed by atoms with E-state index in [-0.39, 0.29) is 5.60 Å². The molecule has 2 rings (SSSR count). The molecule has 1 atom stereocenters. The fraction of sp³-hybridized carbons (Fsp3) is 0.615. The first-order chi connectivity index (χ1) is 8.13. The van der Waals surface area contributed by atoms with E-state index in [0.717, 1.165) is 38.1 Å². The minimum absolute atomic E-state index is 0.00710. The Bertz CT molecular complexity index is 424. The fourth-order valence-corrected chi connectivity index (χ4v) is 2.29. The number of rotatable bonds is 4. The summed E-state index contributed by atoms with van der Waals surface area (Å²) in [4.78, 5) is 0. The second-order valence-electron chi connectivity index (χ2n) is 4.96. The second kappa shape index (κ2) is 4.91. The summed E-state index contributed by atoms with van der Waals surface area (Å²) >= 11 is 0. The Hall–Kier alpha value is -1.31. The zero-order valence-corrected chi connectivity index (χ0v) is 10.5. The van der Waals surface area contributed by atoms with Crippen LogP contribution in [0.2, 0.25) is 0 Å². The molecule has 1 aromatic heterocycles. The number of ether oxygens (including phenoxy) is 1. The van der Waals surface area contributed by atoms with Crippen LogP contribution in [0.3, 0.4) is 0 Å². The van der Waals surface area contributed by atoms with Gasteiger partial charge in [-0.1, -0.05) is 0 Å². The number of aryl methyl sites for hydroxylation is 1. The molecular weight excluding hydrogens is 214 g/mol. The largest absolute Gasteiger partial charge is 0.374 e. The first-order valence-electron chi connectivity index (χ1n) is 6.03. The van der Waals surface area contributed by atoms with E-state index in [2.05, 4.69) is 18.3 Å². The Labute approximate surface area is 102 Å². The monoisotopic (exact) mass is 233 g/mol. The molecule has 0 aromatic carbocycles. The molecule has 0 aliphatic carbocycles. The minimum atomic E-state index is -0.00710. The lowest BCUT2D eigenvalue weighted by Gasteiger charge is -2.23. The van der Waals surface area contributed by atoms with Gasteiger partial charge < -0.3 is 14.6 Å². The summed E-state index contributed by atoms with van der Waals surface area (Å²) in [7, 11) is 1.89. The molecule has 0 spiro atoms. The Morgan fingerprint density at radius 2 is 2.47 bits per heavy atom. The third kappa shape index (κ3) is 2.87. The van der Waals surface area contributed by atoms with Crippen LogP contribution in [0.1, 0.15) is 31.0 Å². The van der Waals surface area contributed by atoms with Crippen LogP contribution in [0.15, 0.2) is 12.3 Å². The molecule has 92 valence electrons. The highest BCUT2D eigenvalue weighted by Gasteiger charge is 2.28. The highest BCUT2D eigenvalue weighted by molar-refractivity contribution is 5.28. The van der Waals surface area contributed by atoms with Gasteiger partial charge in [0.15, 0.2) is 0 Å². The van der Waals surface area contributed by atoms with Crippen molar-refractivity contribution in [1.82, 2.24) is 9.88 Å². The van der Waals surface area contributed by atoms with Crippen LogP contribution in [0.4, 0.5) is 0 Å². The van der Waals surface area contributed by atoms with Crippen molar-refractivity contribution in [2.75, 3.05) is 13.2 Å². The predicted octanol–water partition coefficient (Wildman–Crippen LogP) is 1.56. The van der Waals surface area contributed by atoms with Crippen molar-refractivity contribution in [1.29, 1.82) is 5.26 Å². The van der Waals surface area contributed by atoms with Crippen molar-refractivity contribution >= 4 is 0 Å².